The Balaban J connectivity index is 1.32. The van der Waals surface area contributed by atoms with Gasteiger partial charge in [-0.15, -0.1) is 10.2 Å². The molecule has 5 rings (SSSR count). The van der Waals surface area contributed by atoms with Crippen LogP contribution in [0.15, 0.2) is 60.8 Å². The minimum Gasteiger partial charge on any atom is -0.507 e. The van der Waals surface area contributed by atoms with Gasteiger partial charge in [0.15, 0.2) is 6.17 Å². The number of hydrogen-bond acceptors (Lipinski definition) is 7. The predicted octanol–water partition coefficient (Wildman–Crippen LogP) is 3.65. The summed E-state index contributed by atoms with van der Waals surface area (Å²) in [4.78, 5) is 6.12. The number of pyridine rings is 1. The van der Waals surface area contributed by atoms with Crippen molar-refractivity contribution in [3.63, 3.8) is 0 Å². The summed E-state index contributed by atoms with van der Waals surface area (Å²) in [6.45, 7) is 0. The highest BCUT2D eigenvalue weighted by molar-refractivity contribution is 5.74. The van der Waals surface area contributed by atoms with Crippen molar-refractivity contribution >= 4 is 0 Å². The van der Waals surface area contributed by atoms with Gasteiger partial charge in [-0.25, -0.2) is 9.37 Å². The summed E-state index contributed by atoms with van der Waals surface area (Å²) in [7, 11) is 3.48. The van der Waals surface area contributed by atoms with Gasteiger partial charge < -0.3 is 14.6 Å². The molecule has 0 unspecified atom stereocenters. The van der Waals surface area contributed by atoms with Crippen molar-refractivity contribution in [1.82, 2.24) is 20.1 Å². The predicted molar refractivity (Wildman–Crippen MR) is 117 cm³/mol. The van der Waals surface area contributed by atoms with Gasteiger partial charge in [0.05, 0.1) is 18.8 Å². The minimum atomic E-state index is -1.13. The molecule has 0 radical (unpaired) electrons. The first-order valence-electron chi connectivity index (χ1n) is 10.4. The van der Waals surface area contributed by atoms with Gasteiger partial charge in [-0.3, -0.25) is 4.90 Å². The van der Waals surface area contributed by atoms with Crippen LogP contribution in [0.3, 0.4) is 0 Å². The lowest BCUT2D eigenvalue weighted by Crippen LogP contribution is -2.53. The number of aromatic hydroxyl groups is 1. The third-order valence-corrected chi connectivity index (χ3v) is 6.14. The van der Waals surface area contributed by atoms with Crippen molar-refractivity contribution in [2.75, 3.05) is 14.2 Å². The Morgan fingerprint density at radius 2 is 1.88 bits per heavy atom. The lowest BCUT2D eigenvalue weighted by molar-refractivity contribution is -0.00563. The van der Waals surface area contributed by atoms with Crippen LogP contribution < -0.4 is 9.47 Å². The number of hydrogen-bond donors (Lipinski definition) is 1. The monoisotopic (exact) mass is 434 g/mol. The lowest BCUT2D eigenvalue weighted by Gasteiger charge is -2.38. The van der Waals surface area contributed by atoms with E-state index in [9.17, 15) is 9.50 Å². The van der Waals surface area contributed by atoms with Crippen LogP contribution in [-0.4, -0.2) is 63.7 Å². The van der Waals surface area contributed by atoms with E-state index in [0.29, 0.717) is 23.6 Å². The molecule has 2 aliphatic rings. The van der Waals surface area contributed by atoms with Crippen LogP contribution in [0.4, 0.5) is 4.39 Å². The zero-order valence-corrected chi connectivity index (χ0v) is 17.7. The van der Waals surface area contributed by atoms with Gasteiger partial charge in [-0.05, 0) is 42.4 Å². The van der Waals surface area contributed by atoms with E-state index in [1.807, 2.05) is 36.2 Å². The molecule has 32 heavy (non-hydrogen) atoms. The summed E-state index contributed by atoms with van der Waals surface area (Å²) in [6, 6.07) is 12.2. The van der Waals surface area contributed by atoms with Gasteiger partial charge in [0.2, 0.25) is 11.8 Å². The Hall–Kier alpha value is -3.52. The number of aromatic nitrogens is 3. The van der Waals surface area contributed by atoms with Crippen molar-refractivity contribution in [3.8, 4) is 39.9 Å². The molecule has 4 heterocycles. The molecule has 4 atom stereocenters. The van der Waals surface area contributed by atoms with Crippen LogP contribution in [0.2, 0.25) is 0 Å². The lowest BCUT2D eigenvalue weighted by atomic mass is 9.97. The van der Waals surface area contributed by atoms with Gasteiger partial charge in [-0.2, -0.15) is 0 Å². The van der Waals surface area contributed by atoms with Gasteiger partial charge >= 0.3 is 0 Å². The highest BCUT2D eigenvalue weighted by atomic mass is 19.1. The fourth-order valence-electron chi connectivity index (χ4n) is 4.32. The molecular formula is C24H23FN4O3. The summed E-state index contributed by atoms with van der Waals surface area (Å²) in [6.07, 6.45) is 4.46. The van der Waals surface area contributed by atoms with Crippen LogP contribution in [0.1, 0.15) is 6.42 Å². The summed E-state index contributed by atoms with van der Waals surface area (Å²) in [5.74, 6) is 0.838. The first-order valence-corrected chi connectivity index (χ1v) is 10.4. The van der Waals surface area contributed by atoms with E-state index in [-0.39, 0.29) is 23.7 Å². The SMILES string of the molecule is COc1cc(-c2ccc(-c3ccc(O[C@@H]4C[C@H]5C=C[C@@H]([C@@H]4F)N5C)nn3)c(O)c2)ccn1. The number of phenols is 1. The average Bonchev–Trinajstić information content (AvgIpc) is 3.09. The maximum Gasteiger partial charge on any atom is 0.233 e. The van der Waals surface area contributed by atoms with E-state index in [0.717, 1.165) is 11.1 Å². The number of ether oxygens (including phenoxy) is 2. The van der Waals surface area contributed by atoms with E-state index in [1.54, 1.807) is 43.6 Å². The molecule has 7 nitrogen and oxygen atoms in total. The van der Waals surface area contributed by atoms with Crippen molar-refractivity contribution in [3.05, 3.63) is 60.8 Å². The molecule has 164 valence electrons. The first kappa shape index (κ1) is 20.4. The second-order valence-electron chi connectivity index (χ2n) is 8.02. The maximum absolute atomic E-state index is 14.8. The Kier molecular flexibility index (Phi) is 5.22. The minimum absolute atomic E-state index is 0.0723. The summed E-state index contributed by atoms with van der Waals surface area (Å²) in [5, 5.41) is 18.9. The van der Waals surface area contributed by atoms with Gasteiger partial charge in [-0.1, -0.05) is 18.2 Å². The Morgan fingerprint density at radius 1 is 1.03 bits per heavy atom. The number of nitrogens with zero attached hydrogens (tertiary/aromatic N) is 4. The third-order valence-electron chi connectivity index (χ3n) is 6.14. The standard InChI is InChI=1S/C24H23FN4O3/c1-29-16-4-7-19(29)24(25)21(13-16)32-22-8-6-18(27-28-22)17-5-3-14(11-20(17)30)15-9-10-26-23(12-15)31-2/h3-12,16,19,21,24,30H,13H2,1-2H3/t16-,19+,21-,24+/m1/s1. The molecule has 8 heteroatoms. The molecule has 3 aromatic rings. The number of alkyl halides is 1. The maximum atomic E-state index is 14.8. The van der Waals surface area contributed by atoms with Crippen LogP contribution in [0.5, 0.6) is 17.5 Å². The smallest absolute Gasteiger partial charge is 0.233 e. The number of rotatable bonds is 5. The molecule has 2 aliphatic heterocycles. The zero-order valence-electron chi connectivity index (χ0n) is 17.7. The number of benzene rings is 1. The number of phenolic OH excluding ortho intramolecular Hbond substituents is 1. The number of piperidine rings is 1. The molecule has 2 aromatic heterocycles. The topological polar surface area (TPSA) is 80.6 Å². The summed E-state index contributed by atoms with van der Waals surface area (Å²) >= 11 is 0. The molecule has 0 spiro atoms. The number of methoxy groups -OCH3 is 1. The number of fused-ring (bicyclic) bond motifs is 2. The molecule has 1 aromatic carbocycles. The Morgan fingerprint density at radius 3 is 2.62 bits per heavy atom. The largest absolute Gasteiger partial charge is 0.507 e. The number of halogens is 1. The highest BCUT2D eigenvalue weighted by Crippen LogP contribution is 2.35. The van der Waals surface area contributed by atoms with E-state index in [2.05, 4.69) is 15.2 Å². The quantitative estimate of drug-likeness (QED) is 0.614. The molecular weight excluding hydrogens is 411 g/mol. The normalized spacial score (nSPS) is 24.5. The van der Waals surface area contributed by atoms with Crippen LogP contribution >= 0.6 is 0 Å². The molecule has 0 amide bonds. The van der Waals surface area contributed by atoms with E-state index < -0.39 is 12.3 Å². The zero-order chi connectivity index (χ0) is 22.2. The molecule has 0 saturated carbocycles. The second-order valence-corrected chi connectivity index (χ2v) is 8.02. The third kappa shape index (κ3) is 3.67. The van der Waals surface area contributed by atoms with Crippen LogP contribution in [0, 0.1) is 0 Å². The fraction of sp³-hybridized carbons (Fsp3) is 0.292. The van der Waals surface area contributed by atoms with Gasteiger partial charge in [0.25, 0.3) is 0 Å². The molecule has 1 fully saturated rings. The second kappa shape index (κ2) is 8.20. The first-order chi connectivity index (χ1) is 15.5. The summed E-state index contributed by atoms with van der Waals surface area (Å²) in [5.41, 5.74) is 2.73. The molecule has 1 N–H and O–H groups in total. The van der Waals surface area contributed by atoms with Crippen molar-refractivity contribution in [2.24, 2.45) is 0 Å². The van der Waals surface area contributed by atoms with E-state index in [4.69, 9.17) is 9.47 Å². The Bertz CT molecular complexity index is 1150. The van der Waals surface area contributed by atoms with Crippen molar-refractivity contribution in [1.29, 1.82) is 0 Å². The van der Waals surface area contributed by atoms with Crippen LogP contribution in [0.25, 0.3) is 22.4 Å². The van der Waals surface area contributed by atoms with Gasteiger partial charge in [0.1, 0.15) is 11.9 Å². The fourth-order valence-corrected chi connectivity index (χ4v) is 4.32. The average molecular weight is 434 g/mol. The van der Waals surface area contributed by atoms with Crippen LogP contribution in [-0.2, 0) is 0 Å². The van der Waals surface area contributed by atoms with Crippen molar-refractivity contribution < 1.29 is 19.0 Å². The van der Waals surface area contributed by atoms with Gasteiger partial charge in [0, 0.05) is 36.4 Å². The molecule has 2 bridgehead atoms. The van der Waals surface area contributed by atoms with E-state index in [1.165, 1.54) is 0 Å². The number of likely N-dealkylation sites (N-methyl/N-ethyl adjacent to an activating group) is 1. The Labute approximate surface area is 185 Å². The summed E-state index contributed by atoms with van der Waals surface area (Å²) < 4.78 is 25.8. The highest BCUT2D eigenvalue weighted by Gasteiger charge is 2.44. The van der Waals surface area contributed by atoms with E-state index >= 15 is 0 Å². The van der Waals surface area contributed by atoms with Crippen molar-refractivity contribution in [2.45, 2.75) is 30.8 Å². The molecule has 0 aliphatic carbocycles. The molecule has 1 saturated heterocycles.